The lowest BCUT2D eigenvalue weighted by Crippen LogP contribution is -2.02. The molecule has 6 nitrogen and oxygen atoms in total. The van der Waals surface area contributed by atoms with Crippen LogP contribution in [-0.2, 0) is 6.54 Å². The van der Waals surface area contributed by atoms with Gasteiger partial charge in [0.15, 0.2) is 11.5 Å². The second-order valence-electron chi connectivity index (χ2n) is 7.01. The molecular weight excluding hydrogens is 372 g/mol. The van der Waals surface area contributed by atoms with Crippen LogP contribution in [0.4, 0.5) is 5.82 Å². The fourth-order valence-electron chi connectivity index (χ4n) is 3.57. The largest absolute Gasteiger partial charge is 0.383 e. The zero-order chi connectivity index (χ0) is 20.5. The molecule has 0 radical (unpaired) electrons. The van der Waals surface area contributed by atoms with E-state index in [-0.39, 0.29) is 0 Å². The van der Waals surface area contributed by atoms with Crippen LogP contribution in [0.1, 0.15) is 5.56 Å². The van der Waals surface area contributed by atoms with E-state index in [2.05, 4.69) is 23.2 Å². The molecule has 146 valence electrons. The maximum Gasteiger partial charge on any atom is 0.164 e. The molecule has 0 aliphatic heterocycles. The van der Waals surface area contributed by atoms with Gasteiger partial charge in [0.2, 0.25) is 0 Å². The summed E-state index contributed by atoms with van der Waals surface area (Å²) in [5.74, 6) is 1.13. The zero-order valence-corrected chi connectivity index (χ0v) is 16.2. The number of fused-ring (bicyclic) bond motifs is 1. The Kier molecular flexibility index (Phi) is 4.46. The van der Waals surface area contributed by atoms with Gasteiger partial charge >= 0.3 is 0 Å². The lowest BCUT2D eigenvalue weighted by atomic mass is 10.1. The van der Waals surface area contributed by atoms with E-state index in [0.29, 0.717) is 18.2 Å². The molecule has 0 aliphatic rings. The van der Waals surface area contributed by atoms with Crippen LogP contribution in [-0.4, -0.2) is 19.5 Å². The molecule has 5 aromatic rings. The third kappa shape index (κ3) is 3.09. The van der Waals surface area contributed by atoms with E-state index in [9.17, 15) is 0 Å². The van der Waals surface area contributed by atoms with Crippen LogP contribution >= 0.6 is 0 Å². The van der Waals surface area contributed by atoms with Crippen LogP contribution in [0, 0.1) is 0 Å². The van der Waals surface area contributed by atoms with E-state index in [1.807, 2.05) is 65.4 Å². The number of aromatic nitrogens is 4. The van der Waals surface area contributed by atoms with Crippen molar-refractivity contribution >= 4 is 17.0 Å². The van der Waals surface area contributed by atoms with Gasteiger partial charge in [-0.05, 0) is 41.5 Å². The van der Waals surface area contributed by atoms with Gasteiger partial charge in [-0.2, -0.15) is 0 Å². The van der Waals surface area contributed by atoms with Gasteiger partial charge in [0.1, 0.15) is 11.3 Å². The normalized spacial score (nSPS) is 11.1. The summed E-state index contributed by atoms with van der Waals surface area (Å²) in [7, 11) is 0. The van der Waals surface area contributed by atoms with E-state index in [4.69, 9.17) is 21.4 Å². The Morgan fingerprint density at radius 3 is 2.37 bits per heavy atom. The summed E-state index contributed by atoms with van der Waals surface area (Å²) in [6, 6.07) is 24.0. The Morgan fingerprint density at radius 1 is 0.833 bits per heavy atom. The molecule has 0 amide bonds. The quantitative estimate of drug-likeness (QED) is 0.478. The molecule has 5 rings (SSSR count). The number of benzene rings is 2. The van der Waals surface area contributed by atoms with Crippen molar-refractivity contribution in [1.82, 2.24) is 19.5 Å². The molecule has 4 N–H and O–H groups in total. The van der Waals surface area contributed by atoms with Gasteiger partial charge in [-0.3, -0.25) is 4.57 Å². The van der Waals surface area contributed by atoms with Gasteiger partial charge in [0.25, 0.3) is 0 Å². The van der Waals surface area contributed by atoms with E-state index in [1.165, 1.54) is 0 Å². The molecule has 0 saturated carbocycles. The molecule has 0 unspecified atom stereocenters. The third-order valence-corrected chi connectivity index (χ3v) is 5.11. The fraction of sp³-hybridized carbons (Fsp3) is 0.0417. The topological polar surface area (TPSA) is 95.6 Å². The summed E-state index contributed by atoms with van der Waals surface area (Å²) in [5, 5.41) is 0. The predicted molar refractivity (Wildman–Crippen MR) is 120 cm³/mol. The van der Waals surface area contributed by atoms with Crippen LogP contribution in [0.2, 0.25) is 0 Å². The summed E-state index contributed by atoms with van der Waals surface area (Å²) in [4.78, 5) is 13.9. The predicted octanol–water partition coefficient (Wildman–Crippen LogP) is 4.19. The van der Waals surface area contributed by atoms with Crippen molar-refractivity contribution in [3.63, 3.8) is 0 Å². The van der Waals surface area contributed by atoms with Crippen molar-refractivity contribution in [3.05, 3.63) is 90.8 Å². The molecule has 0 atom stereocenters. The summed E-state index contributed by atoms with van der Waals surface area (Å²) < 4.78 is 2.01. The van der Waals surface area contributed by atoms with Gasteiger partial charge in [-0.1, -0.05) is 42.5 Å². The second kappa shape index (κ2) is 7.42. The summed E-state index contributed by atoms with van der Waals surface area (Å²) in [6.45, 7) is 0.492. The number of imidazole rings is 1. The Labute approximate surface area is 173 Å². The van der Waals surface area contributed by atoms with Gasteiger partial charge in [0.05, 0.1) is 5.56 Å². The molecule has 0 fully saturated rings. The minimum atomic E-state index is 0.427. The number of anilines is 1. The monoisotopic (exact) mass is 392 g/mol. The summed E-state index contributed by atoms with van der Waals surface area (Å²) >= 11 is 0. The molecule has 3 aromatic heterocycles. The third-order valence-electron chi connectivity index (χ3n) is 5.11. The van der Waals surface area contributed by atoms with Gasteiger partial charge in [-0.25, -0.2) is 15.0 Å². The van der Waals surface area contributed by atoms with Crippen molar-refractivity contribution < 1.29 is 0 Å². The average molecular weight is 392 g/mol. The van der Waals surface area contributed by atoms with E-state index in [1.54, 1.807) is 6.20 Å². The van der Waals surface area contributed by atoms with E-state index in [0.717, 1.165) is 39.1 Å². The van der Waals surface area contributed by atoms with Crippen LogP contribution in [0.5, 0.6) is 0 Å². The van der Waals surface area contributed by atoms with Crippen LogP contribution in [0.15, 0.2) is 85.2 Å². The van der Waals surface area contributed by atoms with Crippen molar-refractivity contribution in [1.29, 1.82) is 0 Å². The first-order valence-corrected chi connectivity index (χ1v) is 9.69. The number of nitrogens with two attached hydrogens (primary N) is 2. The summed E-state index contributed by atoms with van der Waals surface area (Å²) in [5.41, 5.74) is 18.4. The number of rotatable bonds is 4. The molecule has 0 saturated heterocycles. The van der Waals surface area contributed by atoms with Crippen molar-refractivity contribution in [2.75, 3.05) is 5.73 Å². The average Bonchev–Trinajstić information content (AvgIpc) is 3.18. The first-order chi connectivity index (χ1) is 14.7. The maximum atomic E-state index is 6.19. The Morgan fingerprint density at radius 2 is 1.63 bits per heavy atom. The highest BCUT2D eigenvalue weighted by molar-refractivity contribution is 5.85. The second-order valence-corrected chi connectivity index (χ2v) is 7.01. The Hall–Kier alpha value is -4.03. The fourth-order valence-corrected chi connectivity index (χ4v) is 3.57. The number of pyridine rings is 2. The number of nitrogen functional groups attached to an aromatic ring is 1. The van der Waals surface area contributed by atoms with Crippen molar-refractivity contribution in [3.8, 4) is 28.2 Å². The lowest BCUT2D eigenvalue weighted by Gasteiger charge is -2.11. The molecule has 0 bridgehead atoms. The first kappa shape index (κ1) is 18.0. The molecular formula is C24H20N6. The van der Waals surface area contributed by atoms with Crippen LogP contribution < -0.4 is 11.5 Å². The van der Waals surface area contributed by atoms with Crippen molar-refractivity contribution in [2.24, 2.45) is 5.73 Å². The number of nitrogens with zero attached hydrogens (tertiary/aromatic N) is 4. The minimum absolute atomic E-state index is 0.427. The smallest absolute Gasteiger partial charge is 0.164 e. The highest BCUT2D eigenvalue weighted by Crippen LogP contribution is 2.32. The zero-order valence-electron chi connectivity index (χ0n) is 16.2. The van der Waals surface area contributed by atoms with Crippen LogP contribution in [0.25, 0.3) is 39.4 Å². The van der Waals surface area contributed by atoms with Gasteiger partial charge in [0, 0.05) is 30.2 Å². The number of hydrogen-bond acceptors (Lipinski definition) is 5. The van der Waals surface area contributed by atoms with Crippen molar-refractivity contribution in [2.45, 2.75) is 6.54 Å². The molecule has 30 heavy (non-hydrogen) atoms. The molecule has 0 spiro atoms. The molecule has 0 aliphatic carbocycles. The minimum Gasteiger partial charge on any atom is -0.383 e. The lowest BCUT2D eigenvalue weighted by molar-refractivity contribution is 1.05. The maximum absolute atomic E-state index is 6.19. The summed E-state index contributed by atoms with van der Waals surface area (Å²) in [6.07, 6.45) is 3.55. The highest BCUT2D eigenvalue weighted by atomic mass is 15.1. The Bertz CT molecular complexity index is 1320. The first-order valence-electron chi connectivity index (χ1n) is 9.69. The molecule has 2 aromatic carbocycles. The van der Waals surface area contributed by atoms with Gasteiger partial charge in [-0.15, -0.1) is 0 Å². The highest BCUT2D eigenvalue weighted by Gasteiger charge is 2.18. The van der Waals surface area contributed by atoms with Crippen LogP contribution in [0.3, 0.4) is 0 Å². The standard InChI is InChI=1S/C24H20N6/c25-14-16-8-10-19(11-9-16)30-23(20-7-4-12-27-22(20)26)29-21-13-18(15-28-24(21)30)17-5-2-1-3-6-17/h1-13,15H,14,25H2,(H2,26,27). The van der Waals surface area contributed by atoms with Gasteiger partial charge < -0.3 is 11.5 Å². The SMILES string of the molecule is NCc1ccc(-n2c(-c3cccnc3N)nc3cc(-c4ccccc4)cnc32)cc1. The van der Waals surface area contributed by atoms with E-state index >= 15 is 0 Å². The Balaban J connectivity index is 1.76. The molecule has 6 heteroatoms. The van der Waals surface area contributed by atoms with E-state index < -0.39 is 0 Å². The number of hydrogen-bond donors (Lipinski definition) is 2. The molecule has 3 heterocycles.